The van der Waals surface area contributed by atoms with Crippen molar-refractivity contribution in [3.63, 3.8) is 0 Å². The van der Waals surface area contributed by atoms with E-state index in [0.29, 0.717) is 18.3 Å². The molecular weight excluding hydrogens is 250 g/mol. The molecule has 1 aromatic rings. The Kier molecular flexibility index (Phi) is 4.85. The van der Waals surface area contributed by atoms with Gasteiger partial charge in [0.05, 0.1) is 6.54 Å². The first-order chi connectivity index (χ1) is 7.58. The number of alkyl halides is 2. The topological polar surface area (TPSA) is 47.1 Å². The molecule has 1 fully saturated rings. The van der Waals surface area contributed by atoms with Crippen molar-refractivity contribution in [2.45, 2.75) is 26.1 Å². The predicted octanol–water partition coefficient (Wildman–Crippen LogP) is 1.48. The van der Waals surface area contributed by atoms with Crippen LogP contribution in [-0.4, -0.2) is 33.6 Å². The average Bonchev–Trinajstić information content (AvgIpc) is 2.75. The van der Waals surface area contributed by atoms with Crippen molar-refractivity contribution in [2.75, 3.05) is 13.1 Å². The van der Waals surface area contributed by atoms with Gasteiger partial charge in [-0.2, -0.15) is 8.78 Å². The van der Waals surface area contributed by atoms with E-state index >= 15 is 0 Å². The predicted molar refractivity (Wildman–Crippen MR) is 63.1 cm³/mol. The van der Waals surface area contributed by atoms with Crippen molar-refractivity contribution in [3.8, 4) is 0 Å². The van der Waals surface area contributed by atoms with Gasteiger partial charge in [-0.05, 0) is 5.92 Å². The van der Waals surface area contributed by atoms with Crippen molar-refractivity contribution in [1.82, 2.24) is 14.5 Å². The van der Waals surface area contributed by atoms with E-state index in [-0.39, 0.29) is 18.4 Å². The normalized spacial score (nSPS) is 25.2. The van der Waals surface area contributed by atoms with E-state index in [1.54, 1.807) is 0 Å². The fraction of sp³-hybridized carbons (Fsp3) is 0.700. The Hall–Kier alpha value is -0.720. The second-order valence-electron chi connectivity index (χ2n) is 4.36. The van der Waals surface area contributed by atoms with Crippen molar-refractivity contribution >= 4 is 12.4 Å². The van der Waals surface area contributed by atoms with E-state index in [9.17, 15) is 8.78 Å². The molecule has 0 spiro atoms. The van der Waals surface area contributed by atoms with Crippen molar-refractivity contribution in [2.24, 2.45) is 11.7 Å². The molecule has 0 bridgehead atoms. The van der Waals surface area contributed by atoms with Gasteiger partial charge >= 0.3 is 6.55 Å². The molecule has 0 aliphatic carbocycles. The summed E-state index contributed by atoms with van der Waals surface area (Å²) < 4.78 is 26.0. The summed E-state index contributed by atoms with van der Waals surface area (Å²) in [7, 11) is 0. The molecule has 7 heteroatoms. The highest BCUT2D eigenvalue weighted by Crippen LogP contribution is 2.19. The zero-order valence-corrected chi connectivity index (χ0v) is 10.4. The highest BCUT2D eigenvalue weighted by atomic mass is 35.5. The maximum Gasteiger partial charge on any atom is 0.319 e. The zero-order valence-electron chi connectivity index (χ0n) is 9.59. The average molecular weight is 267 g/mol. The van der Waals surface area contributed by atoms with E-state index in [2.05, 4.69) is 16.8 Å². The number of aromatic nitrogens is 2. The molecule has 2 unspecified atom stereocenters. The molecule has 0 amide bonds. The lowest BCUT2D eigenvalue weighted by Gasteiger charge is -2.15. The lowest BCUT2D eigenvalue weighted by atomic mass is 10.1. The first-order valence-electron chi connectivity index (χ1n) is 5.35. The SMILES string of the molecule is CC1CN(Cc2nccn2C(F)F)CC1N.Cl. The first kappa shape index (κ1) is 14.3. The summed E-state index contributed by atoms with van der Waals surface area (Å²) in [6.45, 7) is 1.58. The van der Waals surface area contributed by atoms with Gasteiger partial charge in [-0.3, -0.25) is 9.47 Å². The van der Waals surface area contributed by atoms with Gasteiger partial charge in [0.2, 0.25) is 0 Å². The van der Waals surface area contributed by atoms with Crippen LogP contribution in [-0.2, 0) is 6.54 Å². The summed E-state index contributed by atoms with van der Waals surface area (Å²) in [5, 5.41) is 0. The van der Waals surface area contributed by atoms with Crippen molar-refractivity contribution < 1.29 is 8.78 Å². The highest BCUT2D eigenvalue weighted by Gasteiger charge is 2.27. The maximum atomic E-state index is 12.6. The molecule has 2 atom stereocenters. The number of halogens is 3. The van der Waals surface area contributed by atoms with Crippen LogP contribution in [0, 0.1) is 5.92 Å². The maximum absolute atomic E-state index is 12.6. The molecular formula is C10H17ClF2N4. The summed E-state index contributed by atoms with van der Waals surface area (Å²) in [6.07, 6.45) is 2.71. The minimum Gasteiger partial charge on any atom is -0.326 e. The molecule has 1 saturated heterocycles. The minimum atomic E-state index is -2.52. The Balaban J connectivity index is 0.00000144. The lowest BCUT2D eigenvalue weighted by Crippen LogP contribution is -2.28. The van der Waals surface area contributed by atoms with Crippen LogP contribution in [0.4, 0.5) is 8.78 Å². The summed E-state index contributed by atoms with van der Waals surface area (Å²) in [6, 6.07) is 0.134. The Labute approximate surface area is 105 Å². The summed E-state index contributed by atoms with van der Waals surface area (Å²) in [5.41, 5.74) is 5.88. The Bertz CT molecular complexity index is 348. The van der Waals surface area contributed by atoms with Gasteiger partial charge in [0.25, 0.3) is 0 Å². The number of nitrogens with two attached hydrogens (primary N) is 1. The smallest absolute Gasteiger partial charge is 0.319 e. The zero-order chi connectivity index (χ0) is 11.7. The van der Waals surface area contributed by atoms with Crippen LogP contribution < -0.4 is 5.73 Å². The fourth-order valence-electron chi connectivity index (χ4n) is 2.07. The number of likely N-dealkylation sites (tertiary alicyclic amines) is 1. The number of hydrogen-bond donors (Lipinski definition) is 1. The van der Waals surface area contributed by atoms with Crippen molar-refractivity contribution in [1.29, 1.82) is 0 Å². The molecule has 1 aromatic heterocycles. The van der Waals surface area contributed by atoms with E-state index in [1.165, 1.54) is 12.4 Å². The molecule has 2 heterocycles. The summed E-state index contributed by atoms with van der Waals surface area (Å²) in [5.74, 6) is 0.811. The van der Waals surface area contributed by atoms with Gasteiger partial charge in [0.1, 0.15) is 5.82 Å². The van der Waals surface area contributed by atoms with E-state index in [0.717, 1.165) is 17.7 Å². The van der Waals surface area contributed by atoms with Gasteiger partial charge < -0.3 is 5.73 Å². The van der Waals surface area contributed by atoms with Crippen LogP contribution in [0.2, 0.25) is 0 Å². The van der Waals surface area contributed by atoms with Crippen LogP contribution in [0.3, 0.4) is 0 Å². The molecule has 98 valence electrons. The third kappa shape index (κ3) is 3.14. The number of imidazole rings is 1. The number of rotatable bonds is 3. The third-order valence-electron chi connectivity index (χ3n) is 3.07. The number of hydrogen-bond acceptors (Lipinski definition) is 3. The van der Waals surface area contributed by atoms with Gasteiger partial charge in [-0.1, -0.05) is 6.92 Å². The molecule has 0 radical (unpaired) electrons. The van der Waals surface area contributed by atoms with Crippen LogP contribution in [0.1, 0.15) is 19.3 Å². The fourth-order valence-corrected chi connectivity index (χ4v) is 2.07. The largest absolute Gasteiger partial charge is 0.326 e. The first-order valence-corrected chi connectivity index (χ1v) is 5.35. The number of nitrogens with zero attached hydrogens (tertiary/aromatic N) is 3. The lowest BCUT2D eigenvalue weighted by molar-refractivity contribution is 0.0644. The standard InChI is InChI=1S/C10H16F2N4.ClH/c1-7-4-15(5-8(7)13)6-9-14-2-3-16(9)10(11)12;/h2-3,7-8,10H,4-6,13H2,1H3;1H. The van der Waals surface area contributed by atoms with Crippen LogP contribution in [0.25, 0.3) is 0 Å². The monoisotopic (exact) mass is 266 g/mol. The second kappa shape index (κ2) is 5.75. The molecule has 2 N–H and O–H groups in total. The van der Waals surface area contributed by atoms with Crippen LogP contribution in [0.15, 0.2) is 12.4 Å². The highest BCUT2D eigenvalue weighted by molar-refractivity contribution is 5.85. The summed E-state index contributed by atoms with van der Waals surface area (Å²) >= 11 is 0. The Morgan fingerprint density at radius 2 is 2.24 bits per heavy atom. The Morgan fingerprint density at radius 1 is 1.53 bits per heavy atom. The third-order valence-corrected chi connectivity index (χ3v) is 3.07. The molecule has 2 rings (SSSR count). The Morgan fingerprint density at radius 3 is 2.76 bits per heavy atom. The summed E-state index contributed by atoms with van der Waals surface area (Å²) in [4.78, 5) is 6.02. The second-order valence-corrected chi connectivity index (χ2v) is 4.36. The molecule has 1 aliphatic heterocycles. The molecule has 4 nitrogen and oxygen atoms in total. The molecule has 0 aromatic carbocycles. The van der Waals surface area contributed by atoms with E-state index < -0.39 is 6.55 Å². The van der Waals surface area contributed by atoms with E-state index in [4.69, 9.17) is 5.73 Å². The quantitative estimate of drug-likeness (QED) is 0.902. The molecule has 17 heavy (non-hydrogen) atoms. The van der Waals surface area contributed by atoms with Crippen LogP contribution >= 0.6 is 12.4 Å². The van der Waals surface area contributed by atoms with Crippen LogP contribution in [0.5, 0.6) is 0 Å². The van der Waals surface area contributed by atoms with Gasteiger partial charge in [-0.15, -0.1) is 12.4 Å². The van der Waals surface area contributed by atoms with Gasteiger partial charge in [0, 0.05) is 31.5 Å². The van der Waals surface area contributed by atoms with E-state index in [1.807, 2.05) is 0 Å². The van der Waals surface area contributed by atoms with Gasteiger partial charge in [-0.25, -0.2) is 4.98 Å². The van der Waals surface area contributed by atoms with Crippen molar-refractivity contribution in [3.05, 3.63) is 18.2 Å². The minimum absolute atomic E-state index is 0. The molecule has 1 aliphatic rings. The van der Waals surface area contributed by atoms with Gasteiger partial charge in [0.15, 0.2) is 0 Å². The molecule has 0 saturated carbocycles.